The Kier molecular flexibility index (Phi) is 5.95. The van der Waals surface area contributed by atoms with Crippen LogP contribution >= 0.6 is 11.3 Å². The lowest BCUT2D eigenvalue weighted by Gasteiger charge is -2.39. The van der Waals surface area contributed by atoms with Gasteiger partial charge in [-0.25, -0.2) is 13.4 Å². The Balaban J connectivity index is 1.26. The van der Waals surface area contributed by atoms with Crippen molar-refractivity contribution < 1.29 is 18.0 Å². The van der Waals surface area contributed by atoms with Crippen LogP contribution in [0, 0.1) is 0 Å². The third-order valence-corrected chi connectivity index (χ3v) is 7.54. The van der Waals surface area contributed by atoms with Gasteiger partial charge in [0, 0.05) is 42.3 Å². The second-order valence-electron chi connectivity index (χ2n) is 8.14. The van der Waals surface area contributed by atoms with Crippen molar-refractivity contribution in [3.05, 3.63) is 78.2 Å². The Labute approximate surface area is 206 Å². The van der Waals surface area contributed by atoms with Crippen molar-refractivity contribution in [2.75, 3.05) is 18.1 Å². The Hall–Kier alpha value is -3.83. The number of pyridine rings is 1. The maximum absolute atomic E-state index is 12.8. The number of aromatic nitrogens is 3. The number of thiazole rings is 1. The fraction of sp³-hybridized carbons (Fsp3) is 0.167. The summed E-state index contributed by atoms with van der Waals surface area (Å²) in [5.41, 5.74) is 3.97. The number of hydrogen-bond acceptors (Lipinski definition) is 7. The zero-order valence-electron chi connectivity index (χ0n) is 18.7. The van der Waals surface area contributed by atoms with Gasteiger partial charge in [-0.2, -0.15) is 0 Å². The van der Waals surface area contributed by atoms with E-state index in [1.165, 1.54) is 34.7 Å². The largest absolute Gasteiger partial charge is 0.326 e. The molecule has 0 spiro atoms. The molecule has 1 aromatic carbocycles. The maximum Gasteiger partial charge on any atom is 0.256 e. The lowest BCUT2D eigenvalue weighted by Crippen LogP contribution is -2.56. The molecule has 0 bridgehead atoms. The van der Waals surface area contributed by atoms with Crippen molar-refractivity contribution in [3.63, 3.8) is 0 Å². The van der Waals surface area contributed by atoms with Gasteiger partial charge >= 0.3 is 0 Å². The molecular weight excluding hydrogens is 486 g/mol. The topological polar surface area (TPSA) is 114 Å². The van der Waals surface area contributed by atoms with Gasteiger partial charge in [-0.3, -0.25) is 18.5 Å². The predicted octanol–water partition coefficient (Wildman–Crippen LogP) is 3.33. The highest BCUT2D eigenvalue weighted by Gasteiger charge is 2.38. The average Bonchev–Trinajstić information content (AvgIpc) is 3.49. The van der Waals surface area contributed by atoms with E-state index in [2.05, 4.69) is 15.3 Å². The van der Waals surface area contributed by atoms with E-state index in [0.29, 0.717) is 18.1 Å². The van der Waals surface area contributed by atoms with Crippen LogP contribution in [0.15, 0.2) is 72.6 Å². The first-order valence-corrected chi connectivity index (χ1v) is 13.5. The third-order valence-electron chi connectivity index (χ3n) is 5.79. The van der Waals surface area contributed by atoms with Gasteiger partial charge in [0.25, 0.3) is 5.91 Å². The zero-order valence-corrected chi connectivity index (χ0v) is 20.3. The summed E-state index contributed by atoms with van der Waals surface area (Å²) in [7, 11) is -3.48. The average molecular weight is 508 g/mol. The summed E-state index contributed by atoms with van der Waals surface area (Å²) in [5.74, 6) is -0.704. The minimum Gasteiger partial charge on any atom is -0.326 e. The van der Waals surface area contributed by atoms with Crippen LogP contribution in [-0.4, -0.2) is 57.9 Å². The van der Waals surface area contributed by atoms with Crippen LogP contribution in [0.4, 0.5) is 5.13 Å². The van der Waals surface area contributed by atoms with E-state index in [1.54, 1.807) is 12.4 Å². The van der Waals surface area contributed by atoms with Gasteiger partial charge in [-0.15, -0.1) is 11.3 Å². The molecule has 0 saturated carbocycles. The molecule has 1 N–H and O–H groups in total. The monoisotopic (exact) mass is 507 g/mol. The molecule has 35 heavy (non-hydrogen) atoms. The van der Waals surface area contributed by atoms with Gasteiger partial charge in [-0.05, 0) is 41.8 Å². The normalized spacial score (nSPS) is 15.5. The first kappa shape index (κ1) is 22.9. The van der Waals surface area contributed by atoms with E-state index < -0.39 is 16.1 Å². The standard InChI is InChI=1S/C24H21N5O4S2/c1-35(32,33)28-11-7-19(14-28)23(31)29-12-8-21(29)22(30)27-24-26-20(15-34-24)18-4-2-3-17(13-18)16-5-9-25-10-6-16/h2-7,9-11,13-15,21H,8,12H2,1H3,(H,26,27,30). The summed E-state index contributed by atoms with van der Waals surface area (Å²) in [6, 6.07) is 12.6. The van der Waals surface area contributed by atoms with Crippen molar-refractivity contribution in [2.45, 2.75) is 12.5 Å². The van der Waals surface area contributed by atoms with E-state index in [4.69, 9.17) is 0 Å². The minimum absolute atomic E-state index is 0.221. The van der Waals surface area contributed by atoms with Gasteiger partial charge < -0.3 is 10.2 Å². The highest BCUT2D eigenvalue weighted by molar-refractivity contribution is 7.89. The van der Waals surface area contributed by atoms with E-state index >= 15 is 0 Å². The van der Waals surface area contributed by atoms with Crippen LogP contribution < -0.4 is 5.32 Å². The van der Waals surface area contributed by atoms with Crippen molar-refractivity contribution >= 4 is 38.3 Å². The molecule has 1 saturated heterocycles. The first-order valence-electron chi connectivity index (χ1n) is 10.8. The number of nitrogens with zero attached hydrogens (tertiary/aromatic N) is 4. The molecule has 1 fully saturated rings. The SMILES string of the molecule is CS(=O)(=O)n1ccc(C(=O)N2CCC2C(=O)Nc2nc(-c3cccc(-c4ccncc4)c3)cs2)c1. The number of benzene rings is 1. The predicted molar refractivity (Wildman–Crippen MR) is 134 cm³/mol. The van der Waals surface area contributed by atoms with Crippen LogP contribution in [0.2, 0.25) is 0 Å². The Morgan fingerprint density at radius 2 is 1.86 bits per heavy atom. The molecule has 1 atom stereocenters. The second-order valence-corrected chi connectivity index (χ2v) is 10.9. The highest BCUT2D eigenvalue weighted by atomic mass is 32.2. The van der Waals surface area contributed by atoms with Crippen molar-refractivity contribution in [1.29, 1.82) is 0 Å². The summed E-state index contributed by atoms with van der Waals surface area (Å²) in [6.07, 6.45) is 7.65. The smallest absolute Gasteiger partial charge is 0.256 e. The van der Waals surface area contributed by atoms with E-state index in [9.17, 15) is 18.0 Å². The van der Waals surface area contributed by atoms with E-state index in [1.807, 2.05) is 41.8 Å². The molecule has 4 aromatic rings. The van der Waals surface area contributed by atoms with Crippen molar-refractivity contribution in [2.24, 2.45) is 0 Å². The Morgan fingerprint density at radius 1 is 1.09 bits per heavy atom. The number of carbonyl (C=O) groups is 2. The summed E-state index contributed by atoms with van der Waals surface area (Å²) in [5, 5.41) is 5.13. The van der Waals surface area contributed by atoms with Crippen LogP contribution in [0.5, 0.6) is 0 Å². The van der Waals surface area contributed by atoms with Crippen LogP contribution in [0.25, 0.3) is 22.4 Å². The molecule has 3 aromatic heterocycles. The van der Waals surface area contributed by atoms with Gasteiger partial charge in [0.05, 0.1) is 17.5 Å². The summed E-state index contributed by atoms with van der Waals surface area (Å²) in [4.78, 5) is 35.7. The molecular formula is C24H21N5O4S2. The van der Waals surface area contributed by atoms with E-state index in [-0.39, 0.29) is 17.4 Å². The number of nitrogens with one attached hydrogen (secondary N) is 1. The quantitative estimate of drug-likeness (QED) is 0.428. The van der Waals surface area contributed by atoms with Gasteiger partial charge in [0.1, 0.15) is 6.04 Å². The molecule has 1 unspecified atom stereocenters. The Morgan fingerprint density at radius 3 is 2.54 bits per heavy atom. The zero-order chi connectivity index (χ0) is 24.6. The summed E-state index contributed by atoms with van der Waals surface area (Å²) < 4.78 is 24.3. The van der Waals surface area contributed by atoms with Crippen LogP contribution in [0.3, 0.4) is 0 Å². The molecule has 178 valence electrons. The second kappa shape index (κ2) is 9.08. The molecule has 1 aliphatic heterocycles. The lowest BCUT2D eigenvalue weighted by atomic mass is 10.0. The van der Waals surface area contributed by atoms with Gasteiger partial charge in [0.15, 0.2) is 5.13 Å². The number of carbonyl (C=O) groups excluding carboxylic acids is 2. The summed E-state index contributed by atoms with van der Waals surface area (Å²) in [6.45, 7) is 0.423. The number of anilines is 1. The third kappa shape index (κ3) is 4.73. The summed E-state index contributed by atoms with van der Waals surface area (Å²) >= 11 is 1.31. The number of amides is 2. The van der Waals surface area contributed by atoms with E-state index in [0.717, 1.165) is 32.6 Å². The van der Waals surface area contributed by atoms with Gasteiger partial charge in [-0.1, -0.05) is 18.2 Å². The minimum atomic E-state index is -3.48. The molecule has 11 heteroatoms. The number of rotatable bonds is 6. The molecule has 0 radical (unpaired) electrons. The molecule has 9 nitrogen and oxygen atoms in total. The fourth-order valence-electron chi connectivity index (χ4n) is 3.83. The fourth-order valence-corrected chi connectivity index (χ4v) is 5.14. The molecule has 0 aliphatic carbocycles. The number of hydrogen-bond donors (Lipinski definition) is 1. The van der Waals surface area contributed by atoms with Crippen LogP contribution in [0.1, 0.15) is 16.8 Å². The van der Waals surface area contributed by atoms with Crippen molar-refractivity contribution in [1.82, 2.24) is 18.8 Å². The maximum atomic E-state index is 12.8. The lowest BCUT2D eigenvalue weighted by molar-refractivity contribution is -0.123. The van der Waals surface area contributed by atoms with Crippen LogP contribution in [-0.2, 0) is 14.8 Å². The number of likely N-dealkylation sites (tertiary alicyclic amines) is 1. The highest BCUT2D eigenvalue weighted by Crippen LogP contribution is 2.29. The first-order chi connectivity index (χ1) is 16.8. The molecule has 5 rings (SSSR count). The van der Waals surface area contributed by atoms with Crippen molar-refractivity contribution in [3.8, 4) is 22.4 Å². The van der Waals surface area contributed by atoms with Gasteiger partial charge in [0.2, 0.25) is 15.9 Å². The molecule has 2 amide bonds. The molecule has 1 aliphatic rings. The molecule has 4 heterocycles. The Bertz CT molecular complexity index is 1510.